The molecule has 0 fully saturated rings. The third-order valence-corrected chi connectivity index (χ3v) is 3.44. The number of carboxylic acid groups (broad SMARTS) is 1. The number of carbonyl (C=O) groups is 1. The zero-order chi connectivity index (χ0) is 13.8. The number of anilines is 1. The maximum absolute atomic E-state index is 10.8. The van der Waals surface area contributed by atoms with E-state index >= 15 is 0 Å². The summed E-state index contributed by atoms with van der Waals surface area (Å²) in [5.74, 6) is -0.937. The van der Waals surface area contributed by atoms with Crippen LogP contribution in [-0.4, -0.2) is 16.1 Å². The molecule has 5 heteroatoms. The number of nitrogens with zero attached hydrogens (tertiary/aromatic N) is 1. The molecule has 98 valence electrons. The Morgan fingerprint density at radius 3 is 2.84 bits per heavy atom. The van der Waals surface area contributed by atoms with Crippen LogP contribution in [0.1, 0.15) is 21.6 Å². The van der Waals surface area contributed by atoms with E-state index in [-0.39, 0.29) is 5.56 Å². The normalized spacial score (nSPS) is 10.2. The van der Waals surface area contributed by atoms with Crippen molar-refractivity contribution in [2.24, 2.45) is 0 Å². The molecule has 0 saturated heterocycles. The Kier molecular flexibility index (Phi) is 4.16. The SMILES string of the molecule is Cc1cccnc1CNc1ccc(C(=O)O)cc1Br. The topological polar surface area (TPSA) is 62.2 Å². The summed E-state index contributed by atoms with van der Waals surface area (Å²) in [5, 5.41) is 12.1. The lowest BCUT2D eigenvalue weighted by Gasteiger charge is -2.10. The molecule has 0 spiro atoms. The highest BCUT2D eigenvalue weighted by Crippen LogP contribution is 2.24. The molecule has 0 saturated carbocycles. The number of aromatic nitrogens is 1. The van der Waals surface area contributed by atoms with Crippen molar-refractivity contribution < 1.29 is 9.90 Å². The van der Waals surface area contributed by atoms with E-state index in [9.17, 15) is 4.79 Å². The first-order valence-corrected chi connectivity index (χ1v) is 6.54. The van der Waals surface area contributed by atoms with Gasteiger partial charge in [0.2, 0.25) is 0 Å². The summed E-state index contributed by atoms with van der Waals surface area (Å²) in [6.45, 7) is 2.60. The molecule has 19 heavy (non-hydrogen) atoms. The van der Waals surface area contributed by atoms with Gasteiger partial charge in [-0.3, -0.25) is 4.98 Å². The predicted octanol–water partition coefficient (Wildman–Crippen LogP) is 3.46. The summed E-state index contributed by atoms with van der Waals surface area (Å²) in [7, 11) is 0. The van der Waals surface area contributed by atoms with Crippen LogP contribution in [0.5, 0.6) is 0 Å². The van der Waals surface area contributed by atoms with Crippen molar-refractivity contribution in [3.05, 3.63) is 57.8 Å². The van der Waals surface area contributed by atoms with Crippen LogP contribution in [0.4, 0.5) is 5.69 Å². The third kappa shape index (κ3) is 3.32. The van der Waals surface area contributed by atoms with Gasteiger partial charge in [-0.1, -0.05) is 6.07 Å². The summed E-state index contributed by atoms with van der Waals surface area (Å²) in [5.41, 5.74) is 3.19. The minimum atomic E-state index is -0.937. The number of halogens is 1. The van der Waals surface area contributed by atoms with Crippen LogP contribution in [0, 0.1) is 6.92 Å². The Labute approximate surface area is 119 Å². The Balaban J connectivity index is 2.12. The highest BCUT2D eigenvalue weighted by atomic mass is 79.9. The fraction of sp³-hybridized carbons (Fsp3) is 0.143. The number of rotatable bonds is 4. The van der Waals surface area contributed by atoms with E-state index < -0.39 is 5.97 Å². The van der Waals surface area contributed by atoms with E-state index in [1.165, 1.54) is 0 Å². The molecule has 0 aliphatic heterocycles. The Morgan fingerprint density at radius 1 is 1.42 bits per heavy atom. The predicted molar refractivity (Wildman–Crippen MR) is 77.4 cm³/mol. The van der Waals surface area contributed by atoms with Crippen molar-refractivity contribution in [1.29, 1.82) is 0 Å². The van der Waals surface area contributed by atoms with E-state index in [1.807, 2.05) is 19.1 Å². The summed E-state index contributed by atoms with van der Waals surface area (Å²) < 4.78 is 0.723. The lowest BCUT2D eigenvalue weighted by Crippen LogP contribution is -2.05. The molecule has 4 nitrogen and oxygen atoms in total. The molecule has 0 aliphatic rings. The second-order valence-electron chi connectivity index (χ2n) is 4.12. The second-order valence-corrected chi connectivity index (χ2v) is 4.97. The quantitative estimate of drug-likeness (QED) is 0.905. The van der Waals surface area contributed by atoms with Gasteiger partial charge in [0.1, 0.15) is 0 Å². The zero-order valence-corrected chi connectivity index (χ0v) is 11.9. The van der Waals surface area contributed by atoms with E-state index in [4.69, 9.17) is 5.11 Å². The molecule has 0 unspecified atom stereocenters. The van der Waals surface area contributed by atoms with Gasteiger partial charge in [0, 0.05) is 16.4 Å². The number of nitrogens with one attached hydrogen (secondary N) is 1. The van der Waals surface area contributed by atoms with Crippen LogP contribution in [0.25, 0.3) is 0 Å². The van der Waals surface area contributed by atoms with Crippen molar-refractivity contribution in [2.75, 3.05) is 5.32 Å². The van der Waals surface area contributed by atoms with Gasteiger partial charge in [0.05, 0.1) is 17.8 Å². The maximum atomic E-state index is 10.8. The average Bonchev–Trinajstić information content (AvgIpc) is 2.39. The molecule has 1 aromatic carbocycles. The first kappa shape index (κ1) is 13.5. The van der Waals surface area contributed by atoms with Gasteiger partial charge in [-0.15, -0.1) is 0 Å². The molecule has 0 aliphatic carbocycles. The Hall–Kier alpha value is -1.88. The van der Waals surface area contributed by atoms with Gasteiger partial charge in [0.25, 0.3) is 0 Å². The van der Waals surface area contributed by atoms with Gasteiger partial charge >= 0.3 is 5.97 Å². The lowest BCUT2D eigenvalue weighted by atomic mass is 10.2. The van der Waals surface area contributed by atoms with E-state index in [0.717, 1.165) is 21.4 Å². The molecule has 0 radical (unpaired) electrons. The zero-order valence-electron chi connectivity index (χ0n) is 10.4. The summed E-state index contributed by atoms with van der Waals surface area (Å²) in [6, 6.07) is 8.80. The van der Waals surface area contributed by atoms with Crippen LogP contribution in [0.3, 0.4) is 0 Å². The summed E-state index contributed by atoms with van der Waals surface area (Å²) >= 11 is 3.36. The number of pyridine rings is 1. The molecule has 2 N–H and O–H groups in total. The smallest absolute Gasteiger partial charge is 0.335 e. The molecule has 1 aromatic heterocycles. The van der Waals surface area contributed by atoms with E-state index in [0.29, 0.717) is 6.54 Å². The van der Waals surface area contributed by atoms with Gasteiger partial charge in [-0.25, -0.2) is 4.79 Å². The number of carboxylic acids is 1. The Morgan fingerprint density at radius 2 is 2.21 bits per heavy atom. The van der Waals surface area contributed by atoms with Gasteiger partial charge in [-0.2, -0.15) is 0 Å². The van der Waals surface area contributed by atoms with Gasteiger partial charge in [-0.05, 0) is 52.7 Å². The molecule has 1 heterocycles. The van der Waals surface area contributed by atoms with E-state index in [2.05, 4.69) is 26.2 Å². The minimum Gasteiger partial charge on any atom is -0.478 e. The van der Waals surface area contributed by atoms with Crippen molar-refractivity contribution in [2.45, 2.75) is 13.5 Å². The molecule has 0 bridgehead atoms. The standard InChI is InChI=1S/C14H13BrN2O2/c1-9-3-2-6-16-13(9)8-17-12-5-4-10(14(18)19)7-11(12)15/h2-7,17H,8H2,1H3,(H,18,19). The van der Waals surface area contributed by atoms with Crippen LogP contribution >= 0.6 is 15.9 Å². The molecular formula is C14H13BrN2O2. The lowest BCUT2D eigenvalue weighted by molar-refractivity contribution is 0.0697. The fourth-order valence-corrected chi connectivity index (χ4v) is 2.19. The molecule has 0 amide bonds. The highest BCUT2D eigenvalue weighted by Gasteiger charge is 2.07. The number of aromatic carboxylic acids is 1. The Bertz CT molecular complexity index is 614. The van der Waals surface area contributed by atoms with Crippen LogP contribution < -0.4 is 5.32 Å². The first-order chi connectivity index (χ1) is 9.08. The number of benzene rings is 1. The van der Waals surface area contributed by atoms with Gasteiger partial charge in [0.15, 0.2) is 0 Å². The molecular weight excluding hydrogens is 308 g/mol. The van der Waals surface area contributed by atoms with Crippen LogP contribution in [0.2, 0.25) is 0 Å². The van der Waals surface area contributed by atoms with E-state index in [1.54, 1.807) is 24.4 Å². The second kappa shape index (κ2) is 5.84. The van der Waals surface area contributed by atoms with Crippen LogP contribution in [0.15, 0.2) is 41.0 Å². The number of hydrogen-bond acceptors (Lipinski definition) is 3. The van der Waals surface area contributed by atoms with Gasteiger partial charge < -0.3 is 10.4 Å². The third-order valence-electron chi connectivity index (χ3n) is 2.78. The fourth-order valence-electron chi connectivity index (χ4n) is 1.67. The summed E-state index contributed by atoms with van der Waals surface area (Å²) in [6.07, 6.45) is 1.76. The summed E-state index contributed by atoms with van der Waals surface area (Å²) in [4.78, 5) is 15.1. The van der Waals surface area contributed by atoms with Crippen molar-refractivity contribution in [3.63, 3.8) is 0 Å². The number of aryl methyl sites for hydroxylation is 1. The first-order valence-electron chi connectivity index (χ1n) is 5.75. The maximum Gasteiger partial charge on any atom is 0.335 e. The molecule has 2 rings (SSSR count). The van der Waals surface area contributed by atoms with Crippen LogP contribution in [-0.2, 0) is 6.54 Å². The molecule has 2 aromatic rings. The highest BCUT2D eigenvalue weighted by molar-refractivity contribution is 9.10. The monoisotopic (exact) mass is 320 g/mol. The van der Waals surface area contributed by atoms with Crippen molar-refractivity contribution in [3.8, 4) is 0 Å². The number of hydrogen-bond donors (Lipinski definition) is 2. The minimum absolute atomic E-state index is 0.256. The van der Waals surface area contributed by atoms with Crippen molar-refractivity contribution in [1.82, 2.24) is 4.98 Å². The van der Waals surface area contributed by atoms with Crippen molar-refractivity contribution >= 4 is 27.6 Å². The molecule has 0 atom stereocenters. The largest absolute Gasteiger partial charge is 0.478 e. The average molecular weight is 321 g/mol.